The Balaban J connectivity index is 1.69. The van der Waals surface area contributed by atoms with Crippen LogP contribution in [0.1, 0.15) is 23.2 Å². The molecule has 2 aliphatic heterocycles. The monoisotopic (exact) mass is 398 g/mol. The van der Waals surface area contributed by atoms with E-state index in [1.54, 1.807) is 27.4 Å². The first-order chi connectivity index (χ1) is 12.8. The van der Waals surface area contributed by atoms with Crippen molar-refractivity contribution >= 4 is 15.9 Å². The molecule has 27 heavy (non-hydrogen) atoms. The van der Waals surface area contributed by atoms with E-state index >= 15 is 0 Å². The van der Waals surface area contributed by atoms with Gasteiger partial charge in [0.05, 0.1) is 26.5 Å². The smallest absolute Gasteiger partial charge is 0.254 e. The van der Waals surface area contributed by atoms with Crippen molar-refractivity contribution < 1.29 is 27.4 Å². The number of carbonyl (C=O) groups excluding carboxylic acids is 1. The molecule has 3 rings (SSSR count). The van der Waals surface area contributed by atoms with Gasteiger partial charge in [0.2, 0.25) is 10.0 Å². The lowest BCUT2D eigenvalue weighted by Crippen LogP contribution is -2.64. The molecule has 0 bridgehead atoms. The summed E-state index contributed by atoms with van der Waals surface area (Å²) in [6.45, 7) is 1.91. The Hall–Kier alpha value is -1.84. The Bertz CT molecular complexity index is 785. The molecule has 0 N–H and O–H groups in total. The number of amides is 1. The molecule has 0 saturated carbocycles. The van der Waals surface area contributed by atoms with Gasteiger partial charge in [-0.3, -0.25) is 4.79 Å². The van der Waals surface area contributed by atoms with E-state index in [-0.39, 0.29) is 18.0 Å². The number of methoxy groups -OCH3 is 2. The second kappa shape index (κ2) is 8.04. The van der Waals surface area contributed by atoms with Crippen LogP contribution in [-0.2, 0) is 14.8 Å². The molecule has 9 heteroatoms. The minimum absolute atomic E-state index is 0.0583. The molecule has 0 aromatic heterocycles. The summed E-state index contributed by atoms with van der Waals surface area (Å²) in [5, 5.41) is 0. The first kappa shape index (κ1) is 19.9. The molecule has 1 amide bonds. The van der Waals surface area contributed by atoms with Gasteiger partial charge in [-0.05, 0) is 31.0 Å². The number of carbonyl (C=O) groups is 1. The fourth-order valence-electron chi connectivity index (χ4n) is 3.71. The molecule has 2 fully saturated rings. The summed E-state index contributed by atoms with van der Waals surface area (Å²) >= 11 is 0. The lowest BCUT2D eigenvalue weighted by molar-refractivity contribution is 0.0125. The van der Waals surface area contributed by atoms with E-state index in [9.17, 15) is 13.2 Å². The van der Waals surface area contributed by atoms with Crippen LogP contribution in [0, 0.1) is 0 Å². The van der Waals surface area contributed by atoms with Gasteiger partial charge in [-0.2, -0.15) is 4.31 Å². The third-order valence-electron chi connectivity index (χ3n) is 5.07. The fourth-order valence-corrected chi connectivity index (χ4v) is 5.14. The Kier molecular flexibility index (Phi) is 5.92. The number of likely N-dealkylation sites (tertiary alicyclic amines) is 1. The van der Waals surface area contributed by atoms with Crippen LogP contribution in [0.25, 0.3) is 0 Å². The highest BCUT2D eigenvalue weighted by molar-refractivity contribution is 7.88. The van der Waals surface area contributed by atoms with Gasteiger partial charge in [0, 0.05) is 37.9 Å². The highest BCUT2D eigenvalue weighted by Crippen LogP contribution is 2.30. The van der Waals surface area contributed by atoms with Crippen molar-refractivity contribution in [1.29, 1.82) is 0 Å². The first-order valence-corrected chi connectivity index (χ1v) is 10.8. The SMILES string of the molecule is COc1ccc(C(=O)N2CC(N(C3CCOCC3)S(C)(=O)=O)C2)cc1OC. The minimum Gasteiger partial charge on any atom is -0.493 e. The standard InChI is InChI=1S/C18H26N2O6S/c1-24-16-5-4-13(10-17(16)25-2)18(21)19-11-15(12-19)20(27(3,22)23)14-6-8-26-9-7-14/h4-5,10,14-15H,6-9,11-12H2,1-3H3. The Morgan fingerprint density at radius 3 is 2.30 bits per heavy atom. The topological polar surface area (TPSA) is 85.4 Å². The van der Waals surface area contributed by atoms with E-state index in [0.29, 0.717) is 56.2 Å². The van der Waals surface area contributed by atoms with Gasteiger partial charge in [0.25, 0.3) is 5.91 Å². The highest BCUT2D eigenvalue weighted by Gasteiger charge is 2.42. The van der Waals surface area contributed by atoms with E-state index in [4.69, 9.17) is 14.2 Å². The van der Waals surface area contributed by atoms with Crippen molar-refractivity contribution in [3.8, 4) is 11.5 Å². The van der Waals surface area contributed by atoms with E-state index < -0.39 is 10.0 Å². The maximum atomic E-state index is 12.7. The zero-order chi connectivity index (χ0) is 19.6. The second-order valence-corrected chi connectivity index (χ2v) is 8.76. The van der Waals surface area contributed by atoms with E-state index in [1.165, 1.54) is 20.5 Å². The highest BCUT2D eigenvalue weighted by atomic mass is 32.2. The van der Waals surface area contributed by atoms with Crippen LogP contribution < -0.4 is 9.47 Å². The molecule has 0 spiro atoms. The Morgan fingerprint density at radius 1 is 1.11 bits per heavy atom. The van der Waals surface area contributed by atoms with Crippen LogP contribution in [0.2, 0.25) is 0 Å². The number of rotatable bonds is 6. The minimum atomic E-state index is -3.35. The average molecular weight is 398 g/mol. The molecular formula is C18H26N2O6S. The van der Waals surface area contributed by atoms with Crippen LogP contribution in [-0.4, -0.2) is 82.4 Å². The number of benzene rings is 1. The number of hydrogen-bond donors (Lipinski definition) is 0. The van der Waals surface area contributed by atoms with Gasteiger partial charge in [-0.25, -0.2) is 8.42 Å². The Morgan fingerprint density at radius 2 is 1.74 bits per heavy atom. The lowest BCUT2D eigenvalue weighted by atomic mass is 10.0. The van der Waals surface area contributed by atoms with Crippen LogP contribution in [0.15, 0.2) is 18.2 Å². The molecule has 2 saturated heterocycles. The molecule has 8 nitrogen and oxygen atoms in total. The zero-order valence-electron chi connectivity index (χ0n) is 15.9. The molecule has 0 unspecified atom stereocenters. The lowest BCUT2D eigenvalue weighted by Gasteiger charge is -2.47. The van der Waals surface area contributed by atoms with E-state index in [0.717, 1.165) is 0 Å². The van der Waals surface area contributed by atoms with E-state index in [1.807, 2.05) is 0 Å². The van der Waals surface area contributed by atoms with Gasteiger partial charge in [-0.15, -0.1) is 0 Å². The number of ether oxygens (including phenoxy) is 3. The number of hydrogen-bond acceptors (Lipinski definition) is 6. The summed E-state index contributed by atoms with van der Waals surface area (Å²) in [4.78, 5) is 14.4. The van der Waals surface area contributed by atoms with Crippen molar-refractivity contribution in [3.05, 3.63) is 23.8 Å². The van der Waals surface area contributed by atoms with Crippen molar-refractivity contribution in [2.24, 2.45) is 0 Å². The Labute approximate surface area is 160 Å². The molecule has 1 aromatic carbocycles. The van der Waals surface area contributed by atoms with Gasteiger partial charge >= 0.3 is 0 Å². The zero-order valence-corrected chi connectivity index (χ0v) is 16.7. The van der Waals surface area contributed by atoms with Crippen LogP contribution >= 0.6 is 0 Å². The molecule has 150 valence electrons. The van der Waals surface area contributed by atoms with Crippen molar-refractivity contribution in [2.45, 2.75) is 24.9 Å². The average Bonchev–Trinajstić information content (AvgIpc) is 2.62. The third-order valence-corrected chi connectivity index (χ3v) is 6.44. The molecule has 0 atom stereocenters. The third kappa shape index (κ3) is 4.20. The van der Waals surface area contributed by atoms with Gasteiger partial charge < -0.3 is 19.1 Å². The number of sulfonamides is 1. The molecule has 0 radical (unpaired) electrons. The second-order valence-electron chi connectivity index (χ2n) is 6.87. The van der Waals surface area contributed by atoms with Crippen molar-refractivity contribution in [2.75, 3.05) is 46.8 Å². The summed E-state index contributed by atoms with van der Waals surface area (Å²) < 4.78 is 42.0. The van der Waals surface area contributed by atoms with Gasteiger partial charge in [-0.1, -0.05) is 0 Å². The molecule has 2 heterocycles. The molecule has 1 aromatic rings. The summed E-state index contributed by atoms with van der Waals surface area (Å²) in [5.41, 5.74) is 0.489. The van der Waals surface area contributed by atoms with Crippen LogP contribution in [0.5, 0.6) is 11.5 Å². The molecular weight excluding hydrogens is 372 g/mol. The summed E-state index contributed by atoms with van der Waals surface area (Å²) in [5.74, 6) is 0.895. The van der Waals surface area contributed by atoms with Gasteiger partial charge in [0.15, 0.2) is 11.5 Å². The van der Waals surface area contributed by atoms with Crippen LogP contribution in [0.3, 0.4) is 0 Å². The van der Waals surface area contributed by atoms with E-state index in [2.05, 4.69) is 0 Å². The predicted octanol–water partition coefficient (Wildman–Crippen LogP) is 0.969. The fraction of sp³-hybridized carbons (Fsp3) is 0.611. The largest absolute Gasteiger partial charge is 0.493 e. The van der Waals surface area contributed by atoms with Gasteiger partial charge in [0.1, 0.15) is 0 Å². The van der Waals surface area contributed by atoms with Crippen molar-refractivity contribution in [3.63, 3.8) is 0 Å². The normalized spacial score (nSPS) is 19.0. The van der Waals surface area contributed by atoms with Crippen LogP contribution in [0.4, 0.5) is 0 Å². The quantitative estimate of drug-likeness (QED) is 0.710. The van der Waals surface area contributed by atoms with Crippen molar-refractivity contribution in [1.82, 2.24) is 9.21 Å². The summed E-state index contributed by atoms with van der Waals surface area (Å²) in [6, 6.07) is 4.77. The first-order valence-electron chi connectivity index (χ1n) is 8.92. The maximum absolute atomic E-state index is 12.7. The summed E-state index contributed by atoms with van der Waals surface area (Å²) in [7, 11) is -0.300. The predicted molar refractivity (Wildman–Crippen MR) is 99.8 cm³/mol. The molecule has 0 aliphatic carbocycles. The maximum Gasteiger partial charge on any atom is 0.254 e. The number of nitrogens with zero attached hydrogens (tertiary/aromatic N) is 2. The summed E-state index contributed by atoms with van der Waals surface area (Å²) in [6.07, 6.45) is 2.61. The molecule has 2 aliphatic rings.